The van der Waals surface area contributed by atoms with E-state index in [2.05, 4.69) is 0 Å². The summed E-state index contributed by atoms with van der Waals surface area (Å²) < 4.78 is 5.45. The van der Waals surface area contributed by atoms with E-state index in [1.54, 1.807) is 12.1 Å². The van der Waals surface area contributed by atoms with Crippen LogP contribution >= 0.6 is 0 Å². The third kappa shape index (κ3) is 3.57. The first-order valence-corrected chi connectivity index (χ1v) is 7.73. The van der Waals surface area contributed by atoms with E-state index in [1.807, 2.05) is 27.7 Å². The Labute approximate surface area is 136 Å². The van der Waals surface area contributed by atoms with Gasteiger partial charge >= 0.3 is 12.1 Å². The van der Waals surface area contributed by atoms with Gasteiger partial charge in [0.05, 0.1) is 0 Å². The van der Waals surface area contributed by atoms with Crippen LogP contribution in [0, 0.1) is 6.92 Å². The Morgan fingerprint density at radius 2 is 2.00 bits per heavy atom. The van der Waals surface area contributed by atoms with Gasteiger partial charge in [-0.05, 0) is 48.4 Å². The molecule has 1 aromatic carbocycles. The smallest absolute Gasteiger partial charge is 0.408 e. The third-order valence-electron chi connectivity index (χ3n) is 4.16. The Balaban J connectivity index is 2.25. The van der Waals surface area contributed by atoms with Gasteiger partial charge in [0, 0.05) is 12.2 Å². The Hall–Kier alpha value is -2.24. The highest BCUT2D eigenvalue weighted by Gasteiger charge is 2.35. The van der Waals surface area contributed by atoms with Gasteiger partial charge in [-0.15, -0.1) is 0 Å². The number of carbonyl (C=O) groups is 2. The maximum absolute atomic E-state index is 12.3. The Kier molecular flexibility index (Phi) is 4.54. The molecule has 1 aliphatic heterocycles. The molecular formula is C17H24N2O4. The van der Waals surface area contributed by atoms with Crippen molar-refractivity contribution in [2.75, 3.05) is 12.3 Å². The number of nitrogen functional groups attached to an aromatic ring is 1. The molecule has 6 heteroatoms. The average Bonchev–Trinajstić information content (AvgIpc) is 2.90. The molecule has 1 saturated heterocycles. The topological polar surface area (TPSA) is 92.9 Å². The van der Waals surface area contributed by atoms with Crippen LogP contribution in [0.15, 0.2) is 12.1 Å². The van der Waals surface area contributed by atoms with Gasteiger partial charge in [-0.1, -0.05) is 20.8 Å². The molecule has 2 rings (SSSR count). The van der Waals surface area contributed by atoms with E-state index in [0.717, 1.165) is 16.0 Å². The van der Waals surface area contributed by atoms with Gasteiger partial charge in [0.15, 0.2) is 0 Å². The number of likely N-dealkylation sites (tertiary alicyclic amines) is 1. The van der Waals surface area contributed by atoms with Crippen LogP contribution in [0.4, 0.5) is 10.5 Å². The number of esters is 1. The maximum atomic E-state index is 12.3. The van der Waals surface area contributed by atoms with Crippen molar-refractivity contribution in [1.82, 2.24) is 4.90 Å². The SMILES string of the molecule is Cc1cc(OC(=O)C2CCCN2C(=O)O)cc(C(C)(C)C)c1N. The monoisotopic (exact) mass is 320 g/mol. The predicted molar refractivity (Wildman–Crippen MR) is 87.7 cm³/mol. The summed E-state index contributed by atoms with van der Waals surface area (Å²) in [4.78, 5) is 24.6. The van der Waals surface area contributed by atoms with Gasteiger partial charge in [0.25, 0.3) is 0 Å². The molecule has 0 aliphatic carbocycles. The normalized spacial score (nSPS) is 18.1. The lowest BCUT2D eigenvalue weighted by atomic mass is 9.84. The first-order chi connectivity index (χ1) is 10.6. The molecule has 1 atom stereocenters. The minimum absolute atomic E-state index is 0.183. The van der Waals surface area contributed by atoms with E-state index in [1.165, 1.54) is 0 Å². The standard InChI is InChI=1S/C17H24N2O4/c1-10-8-11(9-12(14(10)18)17(2,3)4)23-15(20)13-6-5-7-19(13)16(21)22/h8-9,13H,5-7,18H2,1-4H3,(H,21,22). The van der Waals surface area contributed by atoms with Crippen molar-refractivity contribution < 1.29 is 19.4 Å². The van der Waals surface area contributed by atoms with Gasteiger partial charge in [-0.25, -0.2) is 9.59 Å². The number of carboxylic acid groups (broad SMARTS) is 1. The van der Waals surface area contributed by atoms with Crippen LogP contribution < -0.4 is 10.5 Å². The fraction of sp³-hybridized carbons (Fsp3) is 0.529. The van der Waals surface area contributed by atoms with Gasteiger partial charge in [0.1, 0.15) is 11.8 Å². The molecule has 0 bridgehead atoms. The highest BCUT2D eigenvalue weighted by atomic mass is 16.5. The van der Waals surface area contributed by atoms with Crippen molar-refractivity contribution in [2.45, 2.75) is 52.0 Å². The molecule has 23 heavy (non-hydrogen) atoms. The molecule has 0 saturated carbocycles. The van der Waals surface area contributed by atoms with Gasteiger partial charge in [-0.3, -0.25) is 4.90 Å². The molecule has 1 unspecified atom stereocenters. The minimum Gasteiger partial charge on any atom is -0.465 e. The maximum Gasteiger partial charge on any atom is 0.408 e. The molecule has 126 valence electrons. The van der Waals surface area contributed by atoms with Crippen molar-refractivity contribution in [1.29, 1.82) is 0 Å². The summed E-state index contributed by atoms with van der Waals surface area (Å²) in [5, 5.41) is 9.13. The molecule has 3 N–H and O–H groups in total. The lowest BCUT2D eigenvalue weighted by Gasteiger charge is -2.24. The Morgan fingerprint density at radius 3 is 2.57 bits per heavy atom. The molecule has 6 nitrogen and oxygen atoms in total. The molecule has 0 spiro atoms. The largest absolute Gasteiger partial charge is 0.465 e. The van der Waals surface area contributed by atoms with Crippen LogP contribution in [0.1, 0.15) is 44.7 Å². The van der Waals surface area contributed by atoms with Gasteiger partial charge in [0.2, 0.25) is 0 Å². The molecule has 1 fully saturated rings. The zero-order valence-electron chi connectivity index (χ0n) is 14.0. The third-order valence-corrected chi connectivity index (χ3v) is 4.16. The van der Waals surface area contributed by atoms with E-state index in [-0.39, 0.29) is 5.41 Å². The van der Waals surface area contributed by atoms with E-state index in [9.17, 15) is 9.59 Å². The quantitative estimate of drug-likeness (QED) is 0.496. The minimum atomic E-state index is -1.09. The van der Waals surface area contributed by atoms with Crippen molar-refractivity contribution in [3.05, 3.63) is 23.3 Å². The summed E-state index contributed by atoms with van der Waals surface area (Å²) in [5.41, 5.74) is 8.37. The number of carbonyl (C=O) groups excluding carboxylic acids is 1. The van der Waals surface area contributed by atoms with Crippen LogP contribution in [0.25, 0.3) is 0 Å². The zero-order chi connectivity index (χ0) is 17.4. The first kappa shape index (κ1) is 17.1. The summed E-state index contributed by atoms with van der Waals surface area (Å²) in [5.74, 6) is -0.127. The lowest BCUT2D eigenvalue weighted by Crippen LogP contribution is -2.41. The Bertz CT molecular complexity index is 634. The number of ether oxygens (including phenoxy) is 1. The molecule has 1 heterocycles. The van der Waals surface area contributed by atoms with Gasteiger partial charge < -0.3 is 15.6 Å². The predicted octanol–water partition coefficient (Wildman–Crippen LogP) is 2.92. The second-order valence-corrected chi connectivity index (χ2v) is 7.01. The van der Waals surface area contributed by atoms with E-state index < -0.39 is 18.1 Å². The number of hydrogen-bond donors (Lipinski definition) is 2. The van der Waals surface area contributed by atoms with Crippen LogP contribution in [0.2, 0.25) is 0 Å². The van der Waals surface area contributed by atoms with Crippen molar-refractivity contribution in [3.63, 3.8) is 0 Å². The Morgan fingerprint density at radius 1 is 1.35 bits per heavy atom. The number of benzene rings is 1. The average molecular weight is 320 g/mol. The number of hydrogen-bond acceptors (Lipinski definition) is 4. The molecule has 0 radical (unpaired) electrons. The number of amides is 1. The van der Waals surface area contributed by atoms with Crippen LogP contribution in [0.5, 0.6) is 5.75 Å². The summed E-state index contributed by atoms with van der Waals surface area (Å²) in [7, 11) is 0. The fourth-order valence-electron chi connectivity index (χ4n) is 2.87. The highest BCUT2D eigenvalue weighted by Crippen LogP contribution is 2.34. The molecule has 1 amide bonds. The van der Waals surface area contributed by atoms with E-state index >= 15 is 0 Å². The molecular weight excluding hydrogens is 296 g/mol. The molecule has 1 aliphatic rings. The number of nitrogens with zero attached hydrogens (tertiary/aromatic N) is 1. The van der Waals surface area contributed by atoms with E-state index in [0.29, 0.717) is 30.8 Å². The number of anilines is 1. The first-order valence-electron chi connectivity index (χ1n) is 7.73. The van der Waals surface area contributed by atoms with Gasteiger partial charge in [-0.2, -0.15) is 0 Å². The summed E-state index contributed by atoms with van der Waals surface area (Å²) in [6, 6.07) is 2.74. The number of aryl methyl sites for hydroxylation is 1. The van der Waals surface area contributed by atoms with E-state index in [4.69, 9.17) is 15.6 Å². The summed E-state index contributed by atoms with van der Waals surface area (Å²) in [6.07, 6.45) is 0.0685. The van der Waals surface area contributed by atoms with Crippen LogP contribution in [0.3, 0.4) is 0 Å². The zero-order valence-corrected chi connectivity index (χ0v) is 14.0. The summed E-state index contributed by atoms with van der Waals surface area (Å²) in [6.45, 7) is 8.33. The number of rotatable bonds is 2. The summed E-state index contributed by atoms with van der Waals surface area (Å²) >= 11 is 0. The van der Waals surface area contributed by atoms with Crippen molar-refractivity contribution >= 4 is 17.7 Å². The highest BCUT2D eigenvalue weighted by molar-refractivity contribution is 5.83. The lowest BCUT2D eigenvalue weighted by molar-refractivity contribution is -0.138. The second-order valence-electron chi connectivity index (χ2n) is 7.01. The fourth-order valence-corrected chi connectivity index (χ4v) is 2.87. The molecule has 1 aromatic rings. The second kappa shape index (κ2) is 6.10. The van der Waals surface area contributed by atoms with Crippen LogP contribution in [-0.4, -0.2) is 34.7 Å². The van der Waals surface area contributed by atoms with Crippen molar-refractivity contribution in [3.8, 4) is 5.75 Å². The van der Waals surface area contributed by atoms with Crippen LogP contribution in [-0.2, 0) is 10.2 Å². The van der Waals surface area contributed by atoms with Crippen molar-refractivity contribution in [2.24, 2.45) is 0 Å². The number of nitrogens with two attached hydrogens (primary N) is 1. The molecule has 0 aromatic heterocycles.